The van der Waals surface area contributed by atoms with Crippen molar-refractivity contribution in [3.63, 3.8) is 0 Å². The molecule has 2 fully saturated rings. The number of rotatable bonds is 3. The first-order chi connectivity index (χ1) is 12.5. The Kier molecular flexibility index (Phi) is 4.37. The van der Waals surface area contributed by atoms with E-state index in [9.17, 15) is 13.6 Å². The van der Waals surface area contributed by atoms with E-state index in [0.29, 0.717) is 11.9 Å². The van der Waals surface area contributed by atoms with Gasteiger partial charge >= 0.3 is 6.09 Å². The summed E-state index contributed by atoms with van der Waals surface area (Å²) in [7, 11) is 0. The molecule has 2 aromatic rings. The van der Waals surface area contributed by atoms with Gasteiger partial charge in [-0.25, -0.2) is 23.1 Å². The number of likely N-dealkylation sites (tertiary alicyclic amines) is 1. The molecule has 1 aliphatic carbocycles. The topological polar surface area (TPSA) is 82.8 Å². The molecule has 0 spiro atoms. The zero-order chi connectivity index (χ0) is 18.3. The van der Waals surface area contributed by atoms with E-state index in [1.165, 1.54) is 12.3 Å². The number of anilines is 1. The summed E-state index contributed by atoms with van der Waals surface area (Å²) in [6.45, 7) is 0.0713. The van der Waals surface area contributed by atoms with E-state index in [-0.39, 0.29) is 30.8 Å². The summed E-state index contributed by atoms with van der Waals surface area (Å²) in [5.74, 6) is 0.155. The molecule has 2 aliphatic rings. The van der Waals surface area contributed by atoms with Crippen LogP contribution in [0.25, 0.3) is 5.52 Å². The Hall–Kier alpha value is -2.45. The number of halogens is 2. The number of hydrogen-bond donors (Lipinski definition) is 2. The van der Waals surface area contributed by atoms with Crippen LogP contribution in [0.5, 0.6) is 0 Å². The van der Waals surface area contributed by atoms with Crippen LogP contribution in [0.2, 0.25) is 0 Å². The molecule has 0 radical (unpaired) electrons. The molecule has 9 heteroatoms. The third-order valence-electron chi connectivity index (χ3n) is 5.40. The molecule has 2 aromatic heterocycles. The lowest BCUT2D eigenvalue weighted by molar-refractivity contribution is 0.101. The maximum absolute atomic E-state index is 14.3. The fraction of sp³-hybridized carbons (Fsp3) is 0.588. The molecule has 2 N–H and O–H groups in total. The number of fused-ring (bicyclic) bond motifs is 1. The van der Waals surface area contributed by atoms with Crippen molar-refractivity contribution in [2.24, 2.45) is 0 Å². The summed E-state index contributed by atoms with van der Waals surface area (Å²) in [4.78, 5) is 16.1. The van der Waals surface area contributed by atoms with Crippen LogP contribution in [0, 0.1) is 5.82 Å². The minimum Gasteiger partial charge on any atom is -0.465 e. The van der Waals surface area contributed by atoms with Gasteiger partial charge in [0.05, 0.1) is 18.8 Å². The SMILES string of the molecule is O=C(O)N1CC[C@@H](Nc2ncc3c(F)cc(C4CCCC4)n3n2)[C@H](F)C1. The predicted octanol–water partition coefficient (Wildman–Crippen LogP) is 3.03. The number of nitrogens with zero attached hydrogens (tertiary/aromatic N) is 4. The highest BCUT2D eigenvalue weighted by atomic mass is 19.1. The lowest BCUT2D eigenvalue weighted by atomic mass is 10.0. The second kappa shape index (κ2) is 6.69. The van der Waals surface area contributed by atoms with Gasteiger partial charge in [0.25, 0.3) is 0 Å². The molecule has 0 unspecified atom stereocenters. The first-order valence-electron chi connectivity index (χ1n) is 8.95. The second-order valence-electron chi connectivity index (χ2n) is 7.06. The third-order valence-corrected chi connectivity index (χ3v) is 5.40. The molecular weight excluding hydrogens is 344 g/mol. The van der Waals surface area contributed by atoms with Crippen LogP contribution < -0.4 is 5.32 Å². The van der Waals surface area contributed by atoms with E-state index in [4.69, 9.17) is 5.11 Å². The van der Waals surface area contributed by atoms with Crippen molar-refractivity contribution in [1.29, 1.82) is 0 Å². The van der Waals surface area contributed by atoms with Gasteiger partial charge in [-0.1, -0.05) is 12.8 Å². The molecule has 1 aliphatic heterocycles. The van der Waals surface area contributed by atoms with Crippen LogP contribution in [0.1, 0.15) is 43.7 Å². The molecule has 4 rings (SSSR count). The quantitative estimate of drug-likeness (QED) is 0.874. The van der Waals surface area contributed by atoms with Gasteiger partial charge in [-0.3, -0.25) is 0 Å². The van der Waals surface area contributed by atoms with Gasteiger partial charge in [0.15, 0.2) is 5.82 Å². The molecule has 140 valence electrons. The van der Waals surface area contributed by atoms with Crippen molar-refractivity contribution in [1.82, 2.24) is 19.5 Å². The molecule has 1 saturated heterocycles. The predicted molar refractivity (Wildman–Crippen MR) is 90.7 cm³/mol. The first-order valence-corrected chi connectivity index (χ1v) is 8.95. The van der Waals surface area contributed by atoms with Crippen molar-refractivity contribution in [2.75, 3.05) is 18.4 Å². The Balaban J connectivity index is 1.56. The molecule has 26 heavy (non-hydrogen) atoms. The smallest absolute Gasteiger partial charge is 0.407 e. The number of alkyl halides is 1. The summed E-state index contributed by atoms with van der Waals surface area (Å²) in [6.07, 6.45) is 3.54. The monoisotopic (exact) mass is 365 g/mol. The summed E-state index contributed by atoms with van der Waals surface area (Å²) in [6, 6.07) is 0.950. The average molecular weight is 365 g/mol. The summed E-state index contributed by atoms with van der Waals surface area (Å²) in [5, 5.41) is 16.3. The highest BCUT2D eigenvalue weighted by molar-refractivity contribution is 5.65. The largest absolute Gasteiger partial charge is 0.465 e. The Morgan fingerprint density at radius 3 is 2.77 bits per heavy atom. The van der Waals surface area contributed by atoms with E-state index in [0.717, 1.165) is 36.3 Å². The third kappa shape index (κ3) is 3.06. The average Bonchev–Trinajstić information content (AvgIpc) is 3.25. The van der Waals surface area contributed by atoms with E-state index in [2.05, 4.69) is 15.4 Å². The Morgan fingerprint density at radius 2 is 2.08 bits per heavy atom. The Labute approximate surface area is 149 Å². The van der Waals surface area contributed by atoms with Gasteiger partial charge in [0.2, 0.25) is 5.95 Å². The molecule has 0 aromatic carbocycles. The highest BCUT2D eigenvalue weighted by Crippen LogP contribution is 2.35. The fourth-order valence-corrected chi connectivity index (χ4v) is 3.96. The minimum absolute atomic E-state index is 0.180. The minimum atomic E-state index is -1.35. The number of nitrogens with one attached hydrogen (secondary N) is 1. The maximum Gasteiger partial charge on any atom is 0.407 e. The van der Waals surface area contributed by atoms with Crippen molar-refractivity contribution in [3.05, 3.63) is 23.8 Å². The van der Waals surface area contributed by atoms with Crippen molar-refractivity contribution in [3.8, 4) is 0 Å². The van der Waals surface area contributed by atoms with Gasteiger partial charge in [-0.15, -0.1) is 5.10 Å². The summed E-state index contributed by atoms with van der Waals surface area (Å²) in [5.41, 5.74) is 1.15. The molecule has 3 heterocycles. The zero-order valence-corrected chi connectivity index (χ0v) is 14.2. The Bertz CT molecular complexity index is 821. The molecule has 1 amide bonds. The van der Waals surface area contributed by atoms with E-state index < -0.39 is 18.3 Å². The lowest BCUT2D eigenvalue weighted by Crippen LogP contribution is -2.49. The number of aromatic nitrogens is 3. The van der Waals surface area contributed by atoms with E-state index in [1.807, 2.05) is 0 Å². The van der Waals surface area contributed by atoms with Crippen LogP contribution in [-0.4, -0.2) is 56.0 Å². The van der Waals surface area contributed by atoms with Crippen LogP contribution in [0.3, 0.4) is 0 Å². The van der Waals surface area contributed by atoms with Crippen LogP contribution >= 0.6 is 0 Å². The molecular formula is C17H21F2N5O2. The number of hydrogen-bond acceptors (Lipinski definition) is 4. The summed E-state index contributed by atoms with van der Waals surface area (Å²) < 4.78 is 30.1. The molecule has 7 nitrogen and oxygen atoms in total. The van der Waals surface area contributed by atoms with Crippen molar-refractivity contribution < 1.29 is 18.7 Å². The fourth-order valence-electron chi connectivity index (χ4n) is 3.96. The van der Waals surface area contributed by atoms with E-state index in [1.54, 1.807) is 4.52 Å². The zero-order valence-electron chi connectivity index (χ0n) is 14.2. The highest BCUT2D eigenvalue weighted by Gasteiger charge is 2.32. The standard InChI is InChI=1S/C17H21F2N5O2/c18-11-7-14(10-3-1-2-4-10)24-15(11)8-20-16(22-24)21-13-5-6-23(17(25)26)9-12(13)19/h7-8,10,12-13H,1-6,9H2,(H,21,22)(H,25,26)/t12-,13-/m1/s1. The van der Waals surface area contributed by atoms with Gasteiger partial charge in [-0.2, -0.15) is 0 Å². The number of piperidine rings is 1. The second-order valence-corrected chi connectivity index (χ2v) is 7.06. The van der Waals surface area contributed by atoms with Gasteiger partial charge in [0, 0.05) is 18.2 Å². The number of carbonyl (C=O) groups is 1. The van der Waals surface area contributed by atoms with Gasteiger partial charge < -0.3 is 15.3 Å². The van der Waals surface area contributed by atoms with Gasteiger partial charge in [0.1, 0.15) is 11.7 Å². The van der Waals surface area contributed by atoms with Crippen LogP contribution in [0.4, 0.5) is 19.5 Å². The maximum atomic E-state index is 14.3. The Morgan fingerprint density at radius 1 is 1.31 bits per heavy atom. The van der Waals surface area contributed by atoms with E-state index >= 15 is 0 Å². The number of carboxylic acid groups (broad SMARTS) is 1. The van der Waals surface area contributed by atoms with Crippen molar-refractivity contribution in [2.45, 2.75) is 50.2 Å². The van der Waals surface area contributed by atoms with Gasteiger partial charge in [-0.05, 0) is 25.3 Å². The summed E-state index contributed by atoms with van der Waals surface area (Å²) >= 11 is 0. The number of amides is 1. The molecule has 2 atom stereocenters. The first kappa shape index (κ1) is 17.0. The molecule has 0 bridgehead atoms. The van der Waals surface area contributed by atoms with Crippen LogP contribution in [-0.2, 0) is 0 Å². The van der Waals surface area contributed by atoms with Crippen molar-refractivity contribution >= 4 is 17.6 Å². The normalized spacial score (nSPS) is 24.3. The molecule has 1 saturated carbocycles. The lowest BCUT2D eigenvalue weighted by Gasteiger charge is -2.33. The van der Waals surface area contributed by atoms with Crippen LogP contribution in [0.15, 0.2) is 12.3 Å².